The molecule has 182 valence electrons. The Morgan fingerprint density at radius 1 is 1.09 bits per heavy atom. The quantitative estimate of drug-likeness (QED) is 0.431. The number of hydrogen-bond donors (Lipinski definition) is 3. The fourth-order valence-corrected chi connectivity index (χ4v) is 6.67. The van der Waals surface area contributed by atoms with Gasteiger partial charge in [-0.05, 0) is 62.8 Å². The number of aryl methyl sites for hydroxylation is 1. The Bertz CT molecular complexity index is 1400. The number of benzene rings is 1. The zero-order chi connectivity index (χ0) is 24.3. The van der Waals surface area contributed by atoms with E-state index in [1.807, 2.05) is 0 Å². The molecule has 2 aromatic heterocycles. The maximum Gasteiger partial charge on any atom is 0.391 e. The molecule has 6 nitrogen and oxygen atoms in total. The lowest BCUT2D eigenvalue weighted by Crippen LogP contribution is -2.33. The van der Waals surface area contributed by atoms with E-state index < -0.39 is 21.8 Å². The fraction of sp³-hybridized carbons (Fsp3) is 0.458. The average Bonchev–Trinajstić information content (AvgIpc) is 3.54. The minimum absolute atomic E-state index is 0.0820. The third-order valence-corrected chi connectivity index (χ3v) is 9.43. The van der Waals surface area contributed by atoms with Gasteiger partial charge in [0, 0.05) is 57.8 Å². The van der Waals surface area contributed by atoms with Gasteiger partial charge in [0.1, 0.15) is 5.52 Å². The number of nitrogens with one attached hydrogen (secondary N) is 3. The summed E-state index contributed by atoms with van der Waals surface area (Å²) in [4.78, 5) is 16.0. The first-order valence-corrected chi connectivity index (χ1v) is 13.1. The number of fused-ring (bicyclic) bond motifs is 1. The molecule has 1 unspecified atom stereocenters. The Balaban J connectivity index is 1.56. The maximum absolute atomic E-state index is 13.2. The van der Waals surface area contributed by atoms with Crippen LogP contribution < -0.4 is 10.9 Å². The van der Waals surface area contributed by atoms with Crippen molar-refractivity contribution in [3.8, 4) is 11.1 Å². The molecule has 0 amide bonds. The van der Waals surface area contributed by atoms with E-state index in [-0.39, 0.29) is 29.7 Å². The van der Waals surface area contributed by atoms with Crippen molar-refractivity contribution in [3.05, 3.63) is 47.0 Å². The summed E-state index contributed by atoms with van der Waals surface area (Å²) in [5.41, 5.74) is 2.39. The van der Waals surface area contributed by atoms with Gasteiger partial charge in [0.2, 0.25) is 0 Å². The second-order valence-corrected chi connectivity index (χ2v) is 11.8. The highest BCUT2D eigenvalue weighted by atomic mass is 32.2. The predicted molar refractivity (Wildman–Crippen MR) is 127 cm³/mol. The number of anilines is 1. The maximum atomic E-state index is 13.2. The van der Waals surface area contributed by atoms with Crippen LogP contribution >= 0.6 is 0 Å². The molecule has 2 heterocycles. The summed E-state index contributed by atoms with van der Waals surface area (Å²) >= 11 is 0. The molecule has 3 N–H and O–H groups in total. The Hall–Kier alpha value is -2.75. The number of H-pyrrole nitrogens is 1. The van der Waals surface area contributed by atoms with E-state index >= 15 is 0 Å². The smallest absolute Gasteiger partial charge is 0.382 e. The van der Waals surface area contributed by atoms with Crippen molar-refractivity contribution in [3.63, 3.8) is 0 Å². The molecule has 0 aliphatic heterocycles. The molecule has 0 saturated heterocycles. The number of nitrogens with zero attached hydrogens (tertiary/aromatic N) is 1. The topological polar surface area (TPSA) is 90.7 Å². The minimum atomic E-state index is -4.16. The van der Waals surface area contributed by atoms with Crippen molar-refractivity contribution in [1.82, 2.24) is 9.55 Å². The van der Waals surface area contributed by atoms with Crippen molar-refractivity contribution in [1.29, 1.82) is 4.78 Å². The molecule has 5 rings (SSSR count). The van der Waals surface area contributed by atoms with E-state index in [1.165, 1.54) is 4.57 Å². The molecule has 2 aliphatic rings. The Morgan fingerprint density at radius 2 is 1.79 bits per heavy atom. The molecule has 1 aromatic carbocycles. The summed E-state index contributed by atoms with van der Waals surface area (Å²) in [6.45, 7) is 0. The van der Waals surface area contributed by atoms with Gasteiger partial charge in [0.05, 0.1) is 15.6 Å². The number of aromatic nitrogens is 2. The van der Waals surface area contributed by atoms with Crippen molar-refractivity contribution >= 4 is 26.3 Å². The van der Waals surface area contributed by atoms with Gasteiger partial charge in [0.25, 0.3) is 5.56 Å². The minimum Gasteiger partial charge on any atom is -0.382 e. The van der Waals surface area contributed by atoms with Crippen LogP contribution in [-0.2, 0) is 16.8 Å². The van der Waals surface area contributed by atoms with Crippen molar-refractivity contribution in [2.75, 3.05) is 5.32 Å². The fourth-order valence-electron chi connectivity index (χ4n) is 4.92. The Labute approximate surface area is 195 Å². The van der Waals surface area contributed by atoms with Gasteiger partial charge in [-0.25, -0.2) is 8.99 Å². The molecule has 10 heteroatoms. The Morgan fingerprint density at radius 3 is 2.44 bits per heavy atom. The molecular formula is C24H27F3N4O2S. The van der Waals surface area contributed by atoms with Crippen LogP contribution in [0.3, 0.4) is 0 Å². The molecule has 0 radical (unpaired) electrons. The normalized spacial score (nSPS) is 23.1. The molecule has 2 saturated carbocycles. The molecule has 2 fully saturated rings. The first kappa shape index (κ1) is 23.0. The largest absolute Gasteiger partial charge is 0.391 e. The lowest BCUT2D eigenvalue weighted by atomic mass is 9.85. The standard InChI is InChI=1S/C24H27F3N4O2S/c1-31-13-20(18-10-11-29-22(18)23(31)32)19-12-17(34(28,33)16-6-7-16)8-9-21(19)30-15-4-2-14(3-5-15)24(25,26)27/h8-16,28-30H,2-7H2,1H3. The highest BCUT2D eigenvalue weighted by Crippen LogP contribution is 2.41. The van der Waals surface area contributed by atoms with Crippen LogP contribution in [0.4, 0.5) is 18.9 Å². The predicted octanol–water partition coefficient (Wildman–Crippen LogP) is 5.63. The van der Waals surface area contributed by atoms with Crippen LogP contribution in [0.15, 0.2) is 46.3 Å². The van der Waals surface area contributed by atoms with Gasteiger partial charge < -0.3 is 14.9 Å². The zero-order valence-electron chi connectivity index (χ0n) is 18.7. The van der Waals surface area contributed by atoms with Crippen molar-refractivity contribution in [2.24, 2.45) is 13.0 Å². The summed E-state index contributed by atoms with van der Waals surface area (Å²) < 4.78 is 62.4. The van der Waals surface area contributed by atoms with Crippen LogP contribution in [0.5, 0.6) is 0 Å². The molecular weight excluding hydrogens is 465 g/mol. The molecule has 0 bridgehead atoms. The number of alkyl halides is 3. The highest BCUT2D eigenvalue weighted by molar-refractivity contribution is 7.93. The number of halogens is 3. The summed E-state index contributed by atoms with van der Waals surface area (Å²) in [7, 11) is -1.31. The van der Waals surface area contributed by atoms with Crippen LogP contribution in [-0.4, -0.2) is 31.2 Å². The van der Waals surface area contributed by atoms with E-state index in [2.05, 4.69) is 10.3 Å². The molecule has 3 aromatic rings. The molecule has 0 spiro atoms. The van der Waals surface area contributed by atoms with Crippen molar-refractivity contribution in [2.45, 2.75) is 60.9 Å². The van der Waals surface area contributed by atoms with Gasteiger partial charge >= 0.3 is 6.18 Å². The Kier molecular flexibility index (Phi) is 5.54. The molecule has 34 heavy (non-hydrogen) atoms. The number of rotatable bonds is 5. The van der Waals surface area contributed by atoms with E-state index in [0.29, 0.717) is 39.9 Å². The van der Waals surface area contributed by atoms with E-state index in [0.717, 1.165) is 18.4 Å². The summed E-state index contributed by atoms with van der Waals surface area (Å²) in [6.07, 6.45) is 1.73. The summed E-state index contributed by atoms with van der Waals surface area (Å²) in [5.74, 6) is -1.26. The van der Waals surface area contributed by atoms with E-state index in [1.54, 1.807) is 43.7 Å². The van der Waals surface area contributed by atoms with Gasteiger partial charge in [-0.2, -0.15) is 13.2 Å². The third kappa shape index (κ3) is 4.12. The van der Waals surface area contributed by atoms with Gasteiger partial charge in [-0.15, -0.1) is 0 Å². The van der Waals surface area contributed by atoms with Crippen molar-refractivity contribution < 1.29 is 17.4 Å². The van der Waals surface area contributed by atoms with Crippen LogP contribution in [0.25, 0.3) is 22.0 Å². The number of pyridine rings is 1. The van der Waals surface area contributed by atoms with Gasteiger partial charge in [0.15, 0.2) is 0 Å². The second-order valence-electron chi connectivity index (χ2n) is 9.47. The van der Waals surface area contributed by atoms with Crippen LogP contribution in [0, 0.1) is 10.7 Å². The monoisotopic (exact) mass is 492 g/mol. The third-order valence-electron chi connectivity index (χ3n) is 7.07. The van der Waals surface area contributed by atoms with E-state index in [4.69, 9.17) is 4.78 Å². The SMILES string of the molecule is Cn1cc(-c2cc(S(=N)(=O)C3CC3)ccc2NC2CCC(C(F)(F)F)CC2)c2cc[nH]c2c1=O. The number of aromatic amines is 1. The lowest BCUT2D eigenvalue weighted by Gasteiger charge is -2.31. The lowest BCUT2D eigenvalue weighted by molar-refractivity contribution is -0.182. The average molecular weight is 493 g/mol. The second kappa shape index (κ2) is 8.18. The van der Waals surface area contributed by atoms with Crippen LogP contribution in [0.1, 0.15) is 38.5 Å². The van der Waals surface area contributed by atoms with Gasteiger partial charge in [-0.3, -0.25) is 4.79 Å². The van der Waals surface area contributed by atoms with Gasteiger partial charge in [-0.1, -0.05) is 0 Å². The summed E-state index contributed by atoms with van der Waals surface area (Å²) in [5, 5.41) is 3.97. The van der Waals surface area contributed by atoms with Crippen LogP contribution in [0.2, 0.25) is 0 Å². The first-order chi connectivity index (χ1) is 16.1. The molecule has 2 aliphatic carbocycles. The summed E-state index contributed by atoms with van der Waals surface area (Å²) in [6, 6.07) is 6.90. The highest BCUT2D eigenvalue weighted by Gasteiger charge is 2.41. The molecule has 1 atom stereocenters. The van der Waals surface area contributed by atoms with E-state index in [9.17, 15) is 22.2 Å². The number of hydrogen-bond acceptors (Lipinski definition) is 4. The first-order valence-electron chi connectivity index (χ1n) is 11.5. The zero-order valence-corrected chi connectivity index (χ0v) is 19.6.